The molecule has 0 saturated carbocycles. The zero-order valence-electron chi connectivity index (χ0n) is 13.8. The van der Waals surface area contributed by atoms with Crippen LogP contribution < -0.4 is 0 Å². The lowest BCUT2D eigenvalue weighted by Gasteiger charge is -2.38. The zero-order valence-corrected chi connectivity index (χ0v) is 13.8. The molecule has 0 spiro atoms. The normalized spacial score (nSPS) is 17.7. The fourth-order valence-corrected chi connectivity index (χ4v) is 3.38. The van der Waals surface area contributed by atoms with Gasteiger partial charge in [0.15, 0.2) is 0 Å². The molecule has 1 fully saturated rings. The second kappa shape index (κ2) is 7.35. The summed E-state index contributed by atoms with van der Waals surface area (Å²) in [6.45, 7) is 1.50. The van der Waals surface area contributed by atoms with Crippen LogP contribution in [0.15, 0.2) is 46.9 Å². The van der Waals surface area contributed by atoms with Gasteiger partial charge in [0, 0.05) is 12.0 Å². The highest BCUT2D eigenvalue weighted by molar-refractivity contribution is 5.74. The quantitative estimate of drug-likeness (QED) is 0.846. The lowest BCUT2D eigenvalue weighted by Crippen LogP contribution is -2.45. The summed E-state index contributed by atoms with van der Waals surface area (Å²) >= 11 is 0. The molecule has 0 radical (unpaired) electrons. The second-order valence-electron chi connectivity index (χ2n) is 6.59. The Labute approximate surface area is 145 Å². The molecule has 25 heavy (non-hydrogen) atoms. The van der Waals surface area contributed by atoms with Crippen LogP contribution in [0.3, 0.4) is 0 Å². The topological polar surface area (TPSA) is 53.7 Å². The molecule has 1 aromatic carbocycles. The maximum Gasteiger partial charge on any atom is 0.309 e. The number of benzene rings is 1. The monoisotopic (exact) mass is 349 g/mol. The molecule has 2 aromatic rings. The minimum Gasteiger partial charge on any atom is -0.481 e. The highest BCUT2D eigenvalue weighted by Crippen LogP contribution is 2.38. The summed E-state index contributed by atoms with van der Waals surface area (Å²) in [6.07, 6.45) is -2.70. The molecule has 6 heteroatoms. The van der Waals surface area contributed by atoms with Crippen molar-refractivity contribution in [1.82, 2.24) is 4.90 Å². The van der Waals surface area contributed by atoms with Crippen molar-refractivity contribution in [2.45, 2.75) is 32.2 Å². The molecule has 0 amide bonds. The summed E-state index contributed by atoms with van der Waals surface area (Å²) in [6, 6.07) is 13.6. The molecule has 1 aliphatic heterocycles. The second-order valence-corrected chi connectivity index (χ2v) is 6.59. The zero-order chi connectivity index (χ0) is 17.9. The van der Waals surface area contributed by atoms with Crippen LogP contribution in [0.5, 0.6) is 0 Å². The molecule has 0 atom stereocenters. The van der Waals surface area contributed by atoms with Crippen molar-refractivity contribution < 1.29 is 23.1 Å². The molecule has 0 aliphatic carbocycles. The van der Waals surface area contributed by atoms with E-state index in [9.17, 15) is 18.7 Å². The number of carboxylic acid groups (broad SMARTS) is 1. The number of likely N-dealkylation sites (tertiary alicyclic amines) is 1. The lowest BCUT2D eigenvalue weighted by atomic mass is 9.76. The average molecular weight is 349 g/mol. The van der Waals surface area contributed by atoms with Gasteiger partial charge in [0.25, 0.3) is 0 Å². The van der Waals surface area contributed by atoms with Crippen molar-refractivity contribution in [2.75, 3.05) is 13.1 Å². The van der Waals surface area contributed by atoms with E-state index in [2.05, 4.69) is 4.90 Å². The number of carboxylic acids is 1. The molecule has 4 nitrogen and oxygen atoms in total. The predicted octanol–water partition coefficient (Wildman–Crippen LogP) is 4.27. The van der Waals surface area contributed by atoms with Crippen LogP contribution in [0.1, 0.15) is 25.0 Å². The van der Waals surface area contributed by atoms with Crippen molar-refractivity contribution >= 4 is 5.97 Å². The SMILES string of the molecule is O=C(O)C1(CC(F)F)CCN(Cc2ccc(-c3ccccc3)o2)CC1. The third kappa shape index (κ3) is 4.07. The van der Waals surface area contributed by atoms with E-state index in [0.29, 0.717) is 19.6 Å². The standard InChI is InChI=1S/C19H21F2NO3/c20-17(21)12-19(18(23)24)8-10-22(11-9-19)13-15-6-7-16(25-15)14-4-2-1-3-5-14/h1-7,17H,8-13H2,(H,23,24). The van der Waals surface area contributed by atoms with Crippen molar-refractivity contribution in [3.05, 3.63) is 48.2 Å². The maximum absolute atomic E-state index is 12.7. The molecule has 134 valence electrons. The van der Waals surface area contributed by atoms with Gasteiger partial charge in [-0.1, -0.05) is 30.3 Å². The Morgan fingerprint density at radius 2 is 1.84 bits per heavy atom. The van der Waals surface area contributed by atoms with Gasteiger partial charge in [0.05, 0.1) is 12.0 Å². The first-order valence-electron chi connectivity index (χ1n) is 8.36. The number of hydrogen-bond donors (Lipinski definition) is 1. The summed E-state index contributed by atoms with van der Waals surface area (Å²) < 4.78 is 31.3. The molecular formula is C19H21F2NO3. The van der Waals surface area contributed by atoms with E-state index in [4.69, 9.17) is 4.42 Å². The number of hydrogen-bond acceptors (Lipinski definition) is 3. The van der Waals surface area contributed by atoms with Crippen LogP contribution >= 0.6 is 0 Å². The summed E-state index contributed by atoms with van der Waals surface area (Å²) in [4.78, 5) is 13.5. The summed E-state index contributed by atoms with van der Waals surface area (Å²) in [5.41, 5.74) is -0.308. The van der Waals surface area contributed by atoms with Gasteiger partial charge in [-0.25, -0.2) is 8.78 Å². The summed E-state index contributed by atoms with van der Waals surface area (Å²) in [7, 11) is 0. The Kier molecular flexibility index (Phi) is 5.18. The van der Waals surface area contributed by atoms with Crippen LogP contribution in [-0.4, -0.2) is 35.5 Å². The number of aliphatic carboxylic acids is 1. The van der Waals surface area contributed by atoms with Crippen LogP contribution in [-0.2, 0) is 11.3 Å². The van der Waals surface area contributed by atoms with E-state index in [0.717, 1.165) is 17.1 Å². The Bertz CT molecular complexity index is 706. The molecule has 0 unspecified atom stereocenters. The highest BCUT2D eigenvalue weighted by Gasteiger charge is 2.43. The number of rotatable bonds is 6. The Morgan fingerprint density at radius 1 is 1.16 bits per heavy atom. The van der Waals surface area contributed by atoms with Gasteiger partial charge >= 0.3 is 5.97 Å². The molecule has 0 bridgehead atoms. The van der Waals surface area contributed by atoms with E-state index in [1.165, 1.54) is 0 Å². The largest absolute Gasteiger partial charge is 0.481 e. The fourth-order valence-electron chi connectivity index (χ4n) is 3.38. The summed E-state index contributed by atoms with van der Waals surface area (Å²) in [5.74, 6) is 0.456. The van der Waals surface area contributed by atoms with Crippen molar-refractivity contribution in [2.24, 2.45) is 5.41 Å². The Morgan fingerprint density at radius 3 is 2.44 bits per heavy atom. The van der Waals surface area contributed by atoms with Crippen molar-refractivity contribution in [3.63, 3.8) is 0 Å². The van der Waals surface area contributed by atoms with E-state index >= 15 is 0 Å². The van der Waals surface area contributed by atoms with Crippen molar-refractivity contribution in [3.8, 4) is 11.3 Å². The molecule has 1 aromatic heterocycles. The number of carbonyl (C=O) groups is 1. The summed E-state index contributed by atoms with van der Waals surface area (Å²) in [5, 5.41) is 9.37. The highest BCUT2D eigenvalue weighted by atomic mass is 19.3. The lowest BCUT2D eigenvalue weighted by molar-refractivity contribution is -0.155. The predicted molar refractivity (Wildman–Crippen MR) is 89.3 cm³/mol. The molecule has 2 heterocycles. The number of furan rings is 1. The van der Waals surface area contributed by atoms with E-state index in [1.54, 1.807) is 0 Å². The first-order chi connectivity index (χ1) is 12.0. The van der Waals surface area contributed by atoms with Crippen LogP contribution in [0, 0.1) is 5.41 Å². The number of alkyl halides is 2. The van der Waals surface area contributed by atoms with Gasteiger partial charge in [0.1, 0.15) is 11.5 Å². The van der Waals surface area contributed by atoms with Crippen LogP contribution in [0.2, 0.25) is 0 Å². The third-order valence-electron chi connectivity index (χ3n) is 4.91. The fraction of sp³-hybridized carbons (Fsp3) is 0.421. The number of halogens is 2. The minimum atomic E-state index is -2.60. The first kappa shape index (κ1) is 17.6. The molecule has 1 N–H and O–H groups in total. The van der Waals surface area contributed by atoms with E-state index in [1.807, 2.05) is 42.5 Å². The van der Waals surface area contributed by atoms with Crippen LogP contribution in [0.25, 0.3) is 11.3 Å². The average Bonchev–Trinajstić information content (AvgIpc) is 3.05. The number of nitrogens with zero attached hydrogens (tertiary/aromatic N) is 1. The Balaban J connectivity index is 1.61. The first-order valence-corrected chi connectivity index (χ1v) is 8.36. The van der Waals surface area contributed by atoms with E-state index < -0.39 is 24.2 Å². The maximum atomic E-state index is 12.7. The van der Waals surface area contributed by atoms with E-state index in [-0.39, 0.29) is 12.8 Å². The molecule has 1 saturated heterocycles. The van der Waals surface area contributed by atoms with Gasteiger partial charge in [-0.05, 0) is 38.1 Å². The Hall–Kier alpha value is -2.21. The molecule has 3 rings (SSSR count). The van der Waals surface area contributed by atoms with Gasteiger partial charge in [-0.3, -0.25) is 9.69 Å². The minimum absolute atomic E-state index is 0.235. The molecular weight excluding hydrogens is 328 g/mol. The van der Waals surface area contributed by atoms with Gasteiger partial charge in [0.2, 0.25) is 6.43 Å². The number of piperidine rings is 1. The van der Waals surface area contributed by atoms with Gasteiger partial charge in [-0.15, -0.1) is 0 Å². The molecule has 1 aliphatic rings. The third-order valence-corrected chi connectivity index (χ3v) is 4.91. The van der Waals surface area contributed by atoms with Gasteiger partial charge < -0.3 is 9.52 Å². The van der Waals surface area contributed by atoms with Gasteiger partial charge in [-0.2, -0.15) is 0 Å². The smallest absolute Gasteiger partial charge is 0.309 e. The van der Waals surface area contributed by atoms with Crippen LogP contribution in [0.4, 0.5) is 8.78 Å². The van der Waals surface area contributed by atoms with Crippen molar-refractivity contribution in [1.29, 1.82) is 0 Å².